The molecule has 3 atom stereocenters. The first-order chi connectivity index (χ1) is 21.0. The Morgan fingerprint density at radius 1 is 1.16 bits per heavy atom. The second kappa shape index (κ2) is 12.3. The summed E-state index contributed by atoms with van der Waals surface area (Å²) in [6, 6.07) is 5.95. The molecule has 3 aromatic heterocycles. The molecule has 2 unspecified atom stereocenters. The molecule has 1 N–H and O–H groups in total. The molecule has 2 aliphatic rings. The van der Waals surface area contributed by atoms with Crippen LogP contribution in [0, 0.1) is 6.92 Å². The van der Waals surface area contributed by atoms with E-state index in [0.29, 0.717) is 50.7 Å². The fraction of sp³-hybridized carbons (Fsp3) is 0.467. The second-order valence-corrected chi connectivity index (χ2v) is 14.1. The molecule has 14 heteroatoms. The number of halogens is 1. The smallest absolute Gasteiger partial charge is 0.410 e. The van der Waals surface area contributed by atoms with Crippen LogP contribution in [0.15, 0.2) is 24.4 Å². The largest absolute Gasteiger partial charge is 0.477 e. The van der Waals surface area contributed by atoms with Crippen molar-refractivity contribution in [2.24, 2.45) is 7.05 Å². The Morgan fingerprint density at radius 2 is 1.93 bits per heavy atom. The molecule has 2 bridgehead atoms. The average molecular weight is 734 g/mol. The number of likely N-dealkylation sites (tertiary alicyclic amines) is 1. The predicted octanol–water partition coefficient (Wildman–Crippen LogP) is 5.61. The summed E-state index contributed by atoms with van der Waals surface area (Å²) in [4.78, 5) is 14.2. The quantitative estimate of drug-likeness (QED) is 0.209. The molecule has 1 aromatic carbocycles. The molecule has 2 aliphatic heterocycles. The van der Waals surface area contributed by atoms with Crippen molar-refractivity contribution in [2.45, 2.75) is 58.3 Å². The summed E-state index contributed by atoms with van der Waals surface area (Å²) in [7, 11) is 1.87. The van der Waals surface area contributed by atoms with Gasteiger partial charge in [-0.05, 0) is 86.0 Å². The van der Waals surface area contributed by atoms with E-state index in [4.69, 9.17) is 24.4 Å². The van der Waals surface area contributed by atoms with E-state index in [1.807, 2.05) is 57.5 Å². The highest BCUT2D eigenvalue weighted by Gasteiger charge is 2.36. The first kappa shape index (κ1) is 30.8. The number of aromatic nitrogens is 6. The van der Waals surface area contributed by atoms with E-state index >= 15 is 0 Å². The standard InChI is InChI=1S/C30H37IN7O5P/c1-18-20-8-9-23-21-15-19(7-10-24(21)38(34-23)44-31)22-16-32-35(5)27(22)41-13-6-14-42-28(20)37(33-18)25-11-12-36(17-26(25)39)29(40)43-30(2,3)4/h7-10,15-16,25-26,39,44H,6,11-14,17H2,1-5H3/b9-8+/t25-,26?/m0/s1. The molecule has 0 aliphatic carbocycles. The van der Waals surface area contributed by atoms with Gasteiger partial charge in [0, 0.05) is 25.4 Å². The van der Waals surface area contributed by atoms with E-state index in [2.05, 4.69) is 45.3 Å². The van der Waals surface area contributed by atoms with Crippen molar-refractivity contribution in [2.75, 3.05) is 26.3 Å². The van der Waals surface area contributed by atoms with Crippen molar-refractivity contribution in [3.05, 3.63) is 41.3 Å². The number of β-amino-alcohol motifs (C(OH)–C–C–N with tert-alkyl or cyclic N) is 1. The molecule has 1 amide bonds. The highest BCUT2D eigenvalue weighted by atomic mass is 127. The number of hydrogen-bond acceptors (Lipinski definition) is 8. The number of rotatable bonds is 2. The van der Waals surface area contributed by atoms with Gasteiger partial charge in [-0.25, -0.2) is 18.6 Å². The summed E-state index contributed by atoms with van der Waals surface area (Å²) in [5, 5.41) is 26.5. The molecule has 0 spiro atoms. The van der Waals surface area contributed by atoms with Gasteiger partial charge in [0.2, 0.25) is 11.8 Å². The third-order valence-corrected chi connectivity index (χ3v) is 9.63. The normalized spacial score (nSPS) is 20.1. The summed E-state index contributed by atoms with van der Waals surface area (Å²) < 4.78 is 23.7. The lowest BCUT2D eigenvalue weighted by atomic mass is 10.0. The van der Waals surface area contributed by atoms with Crippen LogP contribution in [-0.4, -0.2) is 83.2 Å². The van der Waals surface area contributed by atoms with E-state index in [1.165, 1.54) is 0 Å². The van der Waals surface area contributed by atoms with Gasteiger partial charge in [0.15, 0.2) is 0 Å². The Hall–Kier alpha value is -3.16. The average Bonchev–Trinajstić information content (AvgIpc) is 3.62. The molecular formula is C30H37IN7O5P. The van der Waals surface area contributed by atoms with Crippen LogP contribution in [-0.2, 0) is 11.8 Å². The monoisotopic (exact) mass is 733 g/mol. The van der Waals surface area contributed by atoms with Crippen LogP contribution in [0.2, 0.25) is 0 Å². The first-order valence-corrected chi connectivity index (χ1v) is 18.7. The number of piperidine rings is 1. The Balaban J connectivity index is 1.37. The van der Waals surface area contributed by atoms with Crippen LogP contribution in [0.25, 0.3) is 34.2 Å². The maximum absolute atomic E-state index is 12.7. The summed E-state index contributed by atoms with van der Waals surface area (Å²) in [6.45, 7) is 8.83. The van der Waals surface area contributed by atoms with Crippen LogP contribution >= 0.6 is 28.4 Å². The topological polar surface area (TPSA) is 122 Å². The van der Waals surface area contributed by atoms with E-state index in [0.717, 1.165) is 39.0 Å². The van der Waals surface area contributed by atoms with E-state index < -0.39 is 17.8 Å². The van der Waals surface area contributed by atoms with Crippen molar-refractivity contribution in [1.29, 1.82) is 0 Å². The minimum atomic E-state index is -0.849. The zero-order valence-electron chi connectivity index (χ0n) is 25.5. The van der Waals surface area contributed by atoms with Gasteiger partial charge in [-0.1, -0.05) is 6.07 Å². The van der Waals surface area contributed by atoms with Gasteiger partial charge in [0.1, 0.15) is 5.60 Å². The maximum Gasteiger partial charge on any atom is 0.410 e. The number of hydrogen-bond donors (Lipinski definition) is 1. The van der Waals surface area contributed by atoms with Crippen LogP contribution in [0.1, 0.15) is 56.6 Å². The third-order valence-electron chi connectivity index (χ3n) is 7.76. The van der Waals surface area contributed by atoms with Crippen LogP contribution in [0.3, 0.4) is 0 Å². The molecule has 0 radical (unpaired) electrons. The number of aliphatic hydroxyl groups excluding tert-OH is 1. The number of aryl methyl sites for hydroxylation is 2. The van der Waals surface area contributed by atoms with Crippen LogP contribution in [0.5, 0.6) is 11.8 Å². The summed E-state index contributed by atoms with van der Waals surface area (Å²) in [5.74, 6) is 1.27. The van der Waals surface area contributed by atoms with E-state index in [-0.39, 0.29) is 12.6 Å². The van der Waals surface area contributed by atoms with Crippen LogP contribution in [0.4, 0.5) is 4.79 Å². The molecule has 0 saturated carbocycles. The van der Waals surface area contributed by atoms with E-state index in [1.54, 1.807) is 14.3 Å². The molecule has 234 valence electrons. The van der Waals surface area contributed by atoms with Crippen molar-refractivity contribution >= 4 is 57.6 Å². The van der Waals surface area contributed by atoms with Crippen molar-refractivity contribution in [3.8, 4) is 22.9 Å². The lowest BCUT2D eigenvalue weighted by molar-refractivity contribution is -0.0131. The molecule has 4 aromatic rings. The Labute approximate surface area is 270 Å². The first-order valence-electron chi connectivity index (χ1n) is 14.6. The lowest BCUT2D eigenvalue weighted by Gasteiger charge is -2.37. The lowest BCUT2D eigenvalue weighted by Crippen LogP contribution is -2.48. The Morgan fingerprint density at radius 3 is 2.66 bits per heavy atom. The zero-order chi connectivity index (χ0) is 31.2. The maximum atomic E-state index is 12.7. The number of aliphatic hydroxyl groups is 1. The minimum absolute atomic E-state index is 0.146. The fourth-order valence-corrected chi connectivity index (χ4v) is 7.18. The molecule has 1 saturated heterocycles. The van der Waals surface area contributed by atoms with Crippen molar-refractivity contribution in [3.63, 3.8) is 0 Å². The van der Waals surface area contributed by atoms with Gasteiger partial charge >= 0.3 is 6.09 Å². The zero-order valence-corrected chi connectivity index (χ0v) is 28.6. The van der Waals surface area contributed by atoms with Gasteiger partial charge in [-0.15, -0.1) is 0 Å². The molecular weight excluding hydrogens is 696 g/mol. The number of carbonyl (C=O) groups excluding carboxylic acids is 1. The van der Waals surface area contributed by atoms with Crippen molar-refractivity contribution in [1.82, 2.24) is 34.0 Å². The van der Waals surface area contributed by atoms with Gasteiger partial charge < -0.3 is 24.2 Å². The highest BCUT2D eigenvalue weighted by Crippen LogP contribution is 2.38. The molecule has 6 rings (SSSR count). The molecule has 1 fully saturated rings. The number of ether oxygens (including phenoxy) is 3. The predicted molar refractivity (Wildman–Crippen MR) is 179 cm³/mol. The molecule has 5 heterocycles. The number of fused-ring (bicyclic) bond motifs is 4. The number of carbonyl (C=O) groups is 1. The minimum Gasteiger partial charge on any atom is -0.477 e. The van der Waals surface area contributed by atoms with Gasteiger partial charge in [-0.3, -0.25) is 0 Å². The van der Waals surface area contributed by atoms with Crippen molar-refractivity contribution < 1.29 is 24.1 Å². The third kappa shape index (κ3) is 6.05. The van der Waals surface area contributed by atoms with Crippen LogP contribution < -0.4 is 9.47 Å². The SMILES string of the molecule is Cc1nn([C@H]2CCN(C(=O)OC(C)(C)C)CC2O)c2c1/C=C/c1nn(PI)c3ccc(cc13)-c1cnn(C)c1OCCCO2. The van der Waals surface area contributed by atoms with E-state index in [9.17, 15) is 9.90 Å². The Kier molecular flexibility index (Phi) is 8.64. The Bertz CT molecular complexity index is 1720. The van der Waals surface area contributed by atoms with Gasteiger partial charge in [0.25, 0.3) is 0 Å². The summed E-state index contributed by atoms with van der Waals surface area (Å²) in [6.07, 6.45) is 6.12. The van der Waals surface area contributed by atoms with Gasteiger partial charge in [-0.2, -0.15) is 15.3 Å². The number of nitrogens with zero attached hydrogens (tertiary/aromatic N) is 7. The summed E-state index contributed by atoms with van der Waals surface area (Å²) >= 11 is 2.34. The van der Waals surface area contributed by atoms with Gasteiger partial charge in [0.05, 0.1) is 72.5 Å². The second-order valence-electron chi connectivity index (χ2n) is 12.1. The summed E-state index contributed by atoms with van der Waals surface area (Å²) in [5.41, 5.74) is 4.79. The fourth-order valence-electron chi connectivity index (χ4n) is 5.65. The number of amides is 1. The number of benzene rings is 1. The molecule has 44 heavy (non-hydrogen) atoms. The highest BCUT2D eigenvalue weighted by molar-refractivity contribution is 14.2. The molecule has 12 nitrogen and oxygen atoms in total.